The van der Waals surface area contributed by atoms with E-state index in [-0.39, 0.29) is 0 Å². The van der Waals surface area contributed by atoms with Crippen molar-refractivity contribution in [1.29, 1.82) is 0 Å². The van der Waals surface area contributed by atoms with Crippen LogP contribution in [0.15, 0.2) is 28.8 Å². The summed E-state index contributed by atoms with van der Waals surface area (Å²) in [6.45, 7) is 3.33. The van der Waals surface area contributed by atoms with E-state index in [1.54, 1.807) is 0 Å². The summed E-state index contributed by atoms with van der Waals surface area (Å²) in [6, 6.07) is 4.68. The molecule has 4 nitrogen and oxygen atoms in total. The largest absolute Gasteiger partial charge is 0.416 e. The molecule has 0 fully saturated rings. The zero-order valence-electron chi connectivity index (χ0n) is 11.1. The van der Waals surface area contributed by atoms with Crippen LogP contribution >= 0.6 is 0 Å². The van der Waals surface area contributed by atoms with Gasteiger partial charge in [-0.15, -0.1) is 0 Å². The number of alkyl halides is 3. The first-order chi connectivity index (χ1) is 9.40. The van der Waals surface area contributed by atoms with Gasteiger partial charge >= 0.3 is 6.18 Å². The number of hydrogen-bond acceptors (Lipinski definition) is 4. The van der Waals surface area contributed by atoms with Gasteiger partial charge in [-0.05, 0) is 25.7 Å². The third kappa shape index (κ3) is 3.36. The summed E-state index contributed by atoms with van der Waals surface area (Å²) in [5.41, 5.74) is -0.206. The Labute approximate surface area is 114 Å². The maximum atomic E-state index is 12.5. The quantitative estimate of drug-likeness (QED) is 0.865. The molecule has 0 spiro atoms. The molecule has 0 saturated carbocycles. The van der Waals surface area contributed by atoms with Crippen molar-refractivity contribution in [3.63, 3.8) is 0 Å². The first-order valence-electron chi connectivity index (χ1n) is 6.09. The van der Waals surface area contributed by atoms with Crippen LogP contribution in [0.25, 0.3) is 11.4 Å². The highest BCUT2D eigenvalue weighted by molar-refractivity contribution is 5.54. The topological polar surface area (TPSA) is 42.2 Å². The van der Waals surface area contributed by atoms with Crippen LogP contribution in [0.3, 0.4) is 0 Å². The zero-order chi connectivity index (χ0) is 14.8. The lowest BCUT2D eigenvalue weighted by Gasteiger charge is -2.09. The average Bonchev–Trinajstić information content (AvgIpc) is 2.86. The van der Waals surface area contributed by atoms with E-state index in [1.165, 1.54) is 12.1 Å². The molecule has 7 heteroatoms. The minimum Gasteiger partial charge on any atom is -0.338 e. The Morgan fingerprint density at radius 1 is 1.20 bits per heavy atom. The highest BCUT2D eigenvalue weighted by Crippen LogP contribution is 2.30. The van der Waals surface area contributed by atoms with Gasteiger partial charge in [0, 0.05) is 5.56 Å². The Morgan fingerprint density at radius 2 is 1.85 bits per heavy atom. The van der Waals surface area contributed by atoms with Crippen molar-refractivity contribution in [2.24, 2.45) is 0 Å². The molecular formula is C13H14F3N3O. The standard InChI is InChI=1S/C13H14F3N3O/c1-3-19(2)8-11-17-12(18-20-11)9-4-6-10(7-5-9)13(14,15)16/h4-7H,3,8H2,1-2H3. The third-order valence-corrected chi connectivity index (χ3v) is 2.88. The fourth-order valence-corrected chi connectivity index (χ4v) is 1.59. The maximum Gasteiger partial charge on any atom is 0.416 e. The van der Waals surface area contributed by atoms with Crippen molar-refractivity contribution >= 4 is 0 Å². The van der Waals surface area contributed by atoms with E-state index in [1.807, 2.05) is 18.9 Å². The fourth-order valence-electron chi connectivity index (χ4n) is 1.59. The molecule has 1 aromatic carbocycles. The van der Waals surface area contributed by atoms with Gasteiger partial charge in [0.15, 0.2) is 0 Å². The molecule has 1 aromatic heterocycles. The van der Waals surface area contributed by atoms with Gasteiger partial charge in [-0.3, -0.25) is 4.90 Å². The van der Waals surface area contributed by atoms with Crippen molar-refractivity contribution in [3.05, 3.63) is 35.7 Å². The maximum absolute atomic E-state index is 12.5. The minimum absolute atomic E-state index is 0.290. The lowest BCUT2D eigenvalue weighted by molar-refractivity contribution is -0.137. The molecular weight excluding hydrogens is 271 g/mol. The van der Waals surface area contributed by atoms with E-state index >= 15 is 0 Å². The molecule has 2 rings (SSSR count). The van der Waals surface area contributed by atoms with Gasteiger partial charge in [0.05, 0.1) is 12.1 Å². The molecule has 0 atom stereocenters. The van der Waals surface area contributed by atoms with Crippen LogP contribution in [0.2, 0.25) is 0 Å². The molecule has 1 heterocycles. The zero-order valence-corrected chi connectivity index (χ0v) is 11.1. The smallest absolute Gasteiger partial charge is 0.338 e. The number of hydrogen-bond donors (Lipinski definition) is 0. The molecule has 0 unspecified atom stereocenters. The SMILES string of the molecule is CCN(C)Cc1nc(-c2ccc(C(F)(F)F)cc2)no1. The molecule has 20 heavy (non-hydrogen) atoms. The van der Waals surface area contributed by atoms with Crippen molar-refractivity contribution < 1.29 is 17.7 Å². The van der Waals surface area contributed by atoms with Crippen LogP contribution in [0.4, 0.5) is 13.2 Å². The summed E-state index contributed by atoms with van der Waals surface area (Å²) in [5.74, 6) is 0.725. The van der Waals surface area contributed by atoms with Gasteiger partial charge in [-0.2, -0.15) is 18.2 Å². The Balaban J connectivity index is 2.16. The highest BCUT2D eigenvalue weighted by atomic mass is 19.4. The monoisotopic (exact) mass is 285 g/mol. The number of nitrogens with zero attached hydrogens (tertiary/aromatic N) is 3. The van der Waals surface area contributed by atoms with E-state index in [0.29, 0.717) is 23.8 Å². The number of aromatic nitrogens is 2. The first kappa shape index (κ1) is 14.5. The number of halogens is 3. The van der Waals surface area contributed by atoms with Crippen LogP contribution in [-0.4, -0.2) is 28.6 Å². The fraction of sp³-hybridized carbons (Fsp3) is 0.385. The number of benzene rings is 1. The summed E-state index contributed by atoms with van der Waals surface area (Å²) in [5, 5.41) is 3.77. The van der Waals surface area contributed by atoms with Gasteiger partial charge in [-0.25, -0.2) is 0 Å². The van der Waals surface area contributed by atoms with E-state index < -0.39 is 11.7 Å². The van der Waals surface area contributed by atoms with Crippen molar-refractivity contribution in [3.8, 4) is 11.4 Å². The Hall–Kier alpha value is -1.89. The predicted molar refractivity (Wildman–Crippen MR) is 66.7 cm³/mol. The summed E-state index contributed by atoms with van der Waals surface area (Å²) < 4.78 is 42.4. The van der Waals surface area contributed by atoms with Crippen LogP contribution in [0, 0.1) is 0 Å². The molecule has 0 amide bonds. The van der Waals surface area contributed by atoms with Gasteiger partial charge in [0.1, 0.15) is 0 Å². The van der Waals surface area contributed by atoms with Crippen molar-refractivity contribution in [1.82, 2.24) is 15.0 Å². The van der Waals surface area contributed by atoms with Crippen LogP contribution in [-0.2, 0) is 12.7 Å². The molecule has 0 saturated heterocycles. The van der Waals surface area contributed by atoms with Crippen molar-refractivity contribution in [2.75, 3.05) is 13.6 Å². The second-order valence-corrected chi connectivity index (χ2v) is 4.42. The highest BCUT2D eigenvalue weighted by Gasteiger charge is 2.30. The summed E-state index contributed by atoms with van der Waals surface area (Å²) >= 11 is 0. The van der Waals surface area contributed by atoms with E-state index in [9.17, 15) is 13.2 Å². The first-order valence-corrected chi connectivity index (χ1v) is 6.09. The molecule has 0 bridgehead atoms. The normalized spacial score (nSPS) is 12.1. The van der Waals surface area contributed by atoms with Gasteiger partial charge < -0.3 is 4.52 Å². The van der Waals surface area contributed by atoms with Crippen LogP contribution in [0.1, 0.15) is 18.4 Å². The second-order valence-electron chi connectivity index (χ2n) is 4.42. The summed E-state index contributed by atoms with van der Waals surface area (Å²) in [4.78, 5) is 6.14. The Morgan fingerprint density at radius 3 is 2.40 bits per heavy atom. The average molecular weight is 285 g/mol. The lowest BCUT2D eigenvalue weighted by Crippen LogP contribution is -2.16. The van der Waals surface area contributed by atoms with Gasteiger partial charge in [0.25, 0.3) is 0 Å². The van der Waals surface area contributed by atoms with E-state index in [0.717, 1.165) is 18.7 Å². The molecule has 108 valence electrons. The lowest BCUT2D eigenvalue weighted by atomic mass is 10.1. The van der Waals surface area contributed by atoms with Crippen LogP contribution < -0.4 is 0 Å². The van der Waals surface area contributed by atoms with Crippen LogP contribution in [0.5, 0.6) is 0 Å². The Kier molecular flexibility index (Phi) is 4.08. The molecule has 0 aliphatic rings. The summed E-state index contributed by atoms with van der Waals surface area (Å²) in [6.07, 6.45) is -4.34. The summed E-state index contributed by atoms with van der Waals surface area (Å²) in [7, 11) is 1.90. The number of rotatable bonds is 4. The van der Waals surface area contributed by atoms with Gasteiger partial charge in [0.2, 0.25) is 11.7 Å². The third-order valence-electron chi connectivity index (χ3n) is 2.88. The minimum atomic E-state index is -4.34. The van der Waals surface area contributed by atoms with Gasteiger partial charge in [-0.1, -0.05) is 24.2 Å². The second kappa shape index (κ2) is 5.62. The molecule has 0 aliphatic heterocycles. The molecule has 2 aromatic rings. The Bertz CT molecular complexity index is 563. The van der Waals surface area contributed by atoms with Crippen molar-refractivity contribution in [2.45, 2.75) is 19.6 Å². The molecule has 0 radical (unpaired) electrons. The molecule has 0 N–H and O–H groups in total. The van der Waals surface area contributed by atoms with E-state index in [4.69, 9.17) is 4.52 Å². The predicted octanol–water partition coefficient (Wildman–Crippen LogP) is 3.21. The van der Waals surface area contributed by atoms with E-state index in [2.05, 4.69) is 10.1 Å². The molecule has 0 aliphatic carbocycles.